The molecular weight excluding hydrogens is 98.1 g/mol. The van der Waals surface area contributed by atoms with Crippen LogP contribution in [-0.2, 0) is 0 Å². The molecule has 2 radical (unpaired) electrons. The van der Waals surface area contributed by atoms with Gasteiger partial charge in [-0.05, 0) is 12.8 Å². The maximum atomic E-state index is 6.57. The van der Waals surface area contributed by atoms with Crippen LogP contribution in [0.4, 0.5) is 0 Å². The summed E-state index contributed by atoms with van der Waals surface area (Å²) >= 11 is 0. The normalized spacial score (nSPS) is 9.12. The van der Waals surface area contributed by atoms with Gasteiger partial charge in [-0.25, -0.2) is 0 Å². The van der Waals surface area contributed by atoms with Gasteiger partial charge in [-0.1, -0.05) is 26.2 Å². The minimum Gasteiger partial charge on any atom is -0.303 e. The van der Waals surface area contributed by atoms with Crippen LogP contribution in [0.2, 0.25) is 0 Å². The van der Waals surface area contributed by atoms with Crippen molar-refractivity contribution < 1.29 is 0 Å². The SMILES string of the molecule is [CH2]CCCCC[C]=N. The summed E-state index contributed by atoms with van der Waals surface area (Å²) in [6.07, 6.45) is 7.71. The Bertz CT molecular complexity index is 50.3. The number of nitrogens with one attached hydrogen (secondary N) is 1. The van der Waals surface area contributed by atoms with Gasteiger partial charge in [0.2, 0.25) is 0 Å². The molecule has 0 unspecified atom stereocenters. The first-order valence-corrected chi connectivity index (χ1v) is 3.10. The Hall–Kier alpha value is -0.330. The second kappa shape index (κ2) is 6.67. The highest BCUT2D eigenvalue weighted by molar-refractivity contribution is 5.52. The summed E-state index contributed by atoms with van der Waals surface area (Å²) in [6, 6.07) is 0. The zero-order chi connectivity index (χ0) is 6.24. The van der Waals surface area contributed by atoms with Gasteiger partial charge in [0.1, 0.15) is 0 Å². The van der Waals surface area contributed by atoms with Crippen molar-refractivity contribution in [3.05, 3.63) is 6.92 Å². The molecule has 1 heteroatoms. The van der Waals surface area contributed by atoms with Crippen molar-refractivity contribution in [2.45, 2.75) is 32.1 Å². The largest absolute Gasteiger partial charge is 0.303 e. The fourth-order valence-corrected chi connectivity index (χ4v) is 0.567. The van der Waals surface area contributed by atoms with Gasteiger partial charge < -0.3 is 5.41 Å². The molecule has 0 aromatic heterocycles. The Morgan fingerprint density at radius 3 is 2.50 bits per heavy atom. The van der Waals surface area contributed by atoms with E-state index in [2.05, 4.69) is 13.1 Å². The van der Waals surface area contributed by atoms with Crippen molar-refractivity contribution in [2.24, 2.45) is 0 Å². The highest BCUT2D eigenvalue weighted by Crippen LogP contribution is 1.99. The van der Waals surface area contributed by atoms with Crippen LogP contribution in [-0.4, -0.2) is 6.21 Å². The van der Waals surface area contributed by atoms with Crippen LogP contribution in [0, 0.1) is 12.3 Å². The highest BCUT2D eigenvalue weighted by atomic mass is 14.3. The van der Waals surface area contributed by atoms with Crippen LogP contribution < -0.4 is 0 Å². The minimum atomic E-state index is 0.819. The molecule has 0 aromatic carbocycles. The quantitative estimate of drug-likeness (QED) is 0.416. The molecule has 0 aliphatic rings. The lowest BCUT2D eigenvalue weighted by Gasteiger charge is -1.90. The second-order valence-electron chi connectivity index (χ2n) is 1.84. The summed E-state index contributed by atoms with van der Waals surface area (Å²) in [5.74, 6) is 0. The van der Waals surface area contributed by atoms with E-state index < -0.39 is 0 Å². The molecule has 46 valence electrons. The molecule has 8 heavy (non-hydrogen) atoms. The van der Waals surface area contributed by atoms with E-state index in [0.29, 0.717) is 0 Å². The van der Waals surface area contributed by atoms with Crippen LogP contribution in [0.1, 0.15) is 32.1 Å². The van der Waals surface area contributed by atoms with E-state index >= 15 is 0 Å². The molecule has 1 N–H and O–H groups in total. The molecule has 0 aliphatic carbocycles. The summed E-state index contributed by atoms with van der Waals surface area (Å²) in [5.41, 5.74) is 0. The van der Waals surface area contributed by atoms with Gasteiger partial charge in [-0.15, -0.1) is 0 Å². The monoisotopic (exact) mass is 111 g/mol. The van der Waals surface area contributed by atoms with Gasteiger partial charge in [0.15, 0.2) is 0 Å². The Kier molecular flexibility index (Phi) is 6.39. The van der Waals surface area contributed by atoms with Crippen molar-refractivity contribution in [2.75, 3.05) is 0 Å². The Morgan fingerprint density at radius 2 is 2.00 bits per heavy atom. The summed E-state index contributed by atoms with van der Waals surface area (Å²) in [4.78, 5) is 0. The van der Waals surface area contributed by atoms with E-state index in [9.17, 15) is 0 Å². The lowest BCUT2D eigenvalue weighted by atomic mass is 10.2. The van der Waals surface area contributed by atoms with Crippen LogP contribution in [0.5, 0.6) is 0 Å². The smallest absolute Gasteiger partial charge is 0.0521 e. The zero-order valence-electron chi connectivity index (χ0n) is 5.24. The van der Waals surface area contributed by atoms with E-state index in [1.807, 2.05) is 0 Å². The fraction of sp³-hybridized carbons (Fsp3) is 0.714. The van der Waals surface area contributed by atoms with Crippen molar-refractivity contribution in [1.29, 1.82) is 5.41 Å². The average Bonchev–Trinajstić information content (AvgIpc) is 1.81. The molecule has 0 aliphatic heterocycles. The standard InChI is InChI=1S/C7H13N/c1-2-3-4-5-6-7-8/h8H,1-6H2. The lowest BCUT2D eigenvalue weighted by Crippen LogP contribution is -1.75. The van der Waals surface area contributed by atoms with Crippen LogP contribution >= 0.6 is 0 Å². The van der Waals surface area contributed by atoms with Crippen molar-refractivity contribution in [3.63, 3.8) is 0 Å². The average molecular weight is 111 g/mol. The van der Waals surface area contributed by atoms with E-state index in [4.69, 9.17) is 5.41 Å². The van der Waals surface area contributed by atoms with Crippen LogP contribution in [0.25, 0.3) is 0 Å². The van der Waals surface area contributed by atoms with E-state index in [0.717, 1.165) is 19.3 Å². The highest BCUT2D eigenvalue weighted by Gasteiger charge is 1.82. The Labute approximate surface area is 51.6 Å². The first-order chi connectivity index (χ1) is 3.91. The van der Waals surface area contributed by atoms with Crippen LogP contribution in [0.3, 0.4) is 0 Å². The van der Waals surface area contributed by atoms with Gasteiger partial charge in [0, 0.05) is 0 Å². The van der Waals surface area contributed by atoms with Gasteiger partial charge in [-0.3, -0.25) is 0 Å². The van der Waals surface area contributed by atoms with Gasteiger partial charge in [0.25, 0.3) is 0 Å². The Balaban J connectivity index is 2.62. The summed E-state index contributed by atoms with van der Waals surface area (Å²) in [5, 5.41) is 6.57. The summed E-state index contributed by atoms with van der Waals surface area (Å²) in [7, 11) is 0. The van der Waals surface area contributed by atoms with E-state index in [1.165, 1.54) is 12.8 Å². The molecule has 0 spiro atoms. The molecule has 0 atom stereocenters. The first-order valence-electron chi connectivity index (χ1n) is 3.10. The molecule has 0 rings (SSSR count). The fourth-order valence-electron chi connectivity index (χ4n) is 0.567. The summed E-state index contributed by atoms with van der Waals surface area (Å²) < 4.78 is 0. The van der Waals surface area contributed by atoms with E-state index in [1.54, 1.807) is 0 Å². The Morgan fingerprint density at radius 1 is 1.25 bits per heavy atom. The van der Waals surface area contributed by atoms with Crippen molar-refractivity contribution >= 4 is 6.21 Å². The molecule has 0 aromatic rings. The van der Waals surface area contributed by atoms with Crippen LogP contribution in [0.15, 0.2) is 0 Å². The third kappa shape index (κ3) is 5.67. The second-order valence-corrected chi connectivity index (χ2v) is 1.84. The molecule has 0 heterocycles. The maximum Gasteiger partial charge on any atom is 0.0521 e. The van der Waals surface area contributed by atoms with Gasteiger partial charge in [-0.2, -0.15) is 0 Å². The predicted molar refractivity (Wildman–Crippen MR) is 36.2 cm³/mol. The van der Waals surface area contributed by atoms with Crippen molar-refractivity contribution in [1.82, 2.24) is 0 Å². The molecule has 0 bridgehead atoms. The predicted octanol–water partition coefficient (Wildman–Crippen LogP) is 2.30. The molecule has 0 saturated heterocycles. The third-order valence-electron chi connectivity index (χ3n) is 1.05. The first kappa shape index (κ1) is 7.67. The number of hydrogen-bond acceptors (Lipinski definition) is 1. The number of unbranched alkanes of at least 4 members (excludes halogenated alkanes) is 4. The molecule has 0 saturated carbocycles. The molecule has 0 amide bonds. The number of rotatable bonds is 5. The topological polar surface area (TPSA) is 23.9 Å². The third-order valence-corrected chi connectivity index (χ3v) is 1.05. The van der Waals surface area contributed by atoms with E-state index in [-0.39, 0.29) is 0 Å². The zero-order valence-corrected chi connectivity index (χ0v) is 5.24. The summed E-state index contributed by atoms with van der Waals surface area (Å²) in [6.45, 7) is 3.72. The van der Waals surface area contributed by atoms with Crippen molar-refractivity contribution in [3.8, 4) is 0 Å². The maximum absolute atomic E-state index is 6.57. The lowest BCUT2D eigenvalue weighted by molar-refractivity contribution is 0.707. The number of hydrogen-bond donors (Lipinski definition) is 1. The molecule has 0 fully saturated rings. The minimum absolute atomic E-state index is 0.819. The van der Waals surface area contributed by atoms with Gasteiger partial charge in [0.05, 0.1) is 6.21 Å². The molecular formula is C7H13N. The molecule has 1 nitrogen and oxygen atoms in total. The van der Waals surface area contributed by atoms with Gasteiger partial charge >= 0.3 is 0 Å².